The molecule has 1 nitrogen and oxygen atoms in total. The summed E-state index contributed by atoms with van der Waals surface area (Å²) in [6, 6.07) is 1.88. The highest BCUT2D eigenvalue weighted by molar-refractivity contribution is 7.10. The third kappa shape index (κ3) is 1.12. The lowest BCUT2D eigenvalue weighted by atomic mass is 10.1. The lowest BCUT2D eigenvalue weighted by molar-refractivity contribution is 0.0897. The average molecular weight is 203 g/mol. The SMILES string of the molecule is CCc1ccsc1C1(N)CC1(F)F. The van der Waals surface area contributed by atoms with Crippen LogP contribution in [0.4, 0.5) is 8.78 Å². The normalized spacial score (nSPS) is 30.5. The zero-order valence-corrected chi connectivity index (χ0v) is 8.13. The van der Waals surface area contributed by atoms with E-state index in [9.17, 15) is 8.78 Å². The van der Waals surface area contributed by atoms with E-state index >= 15 is 0 Å². The predicted molar refractivity (Wildman–Crippen MR) is 49.1 cm³/mol. The van der Waals surface area contributed by atoms with Crippen LogP contribution in [-0.4, -0.2) is 5.92 Å². The van der Waals surface area contributed by atoms with E-state index in [1.807, 2.05) is 18.4 Å². The summed E-state index contributed by atoms with van der Waals surface area (Å²) in [5.41, 5.74) is 5.23. The Bertz CT molecular complexity index is 334. The lowest BCUT2D eigenvalue weighted by Crippen LogP contribution is -2.27. The van der Waals surface area contributed by atoms with E-state index in [0.717, 1.165) is 12.0 Å². The molecule has 1 atom stereocenters. The minimum Gasteiger partial charge on any atom is -0.316 e. The van der Waals surface area contributed by atoms with Crippen molar-refractivity contribution in [3.05, 3.63) is 21.9 Å². The zero-order chi connectivity index (χ0) is 9.69. The van der Waals surface area contributed by atoms with Crippen molar-refractivity contribution in [1.29, 1.82) is 0 Å². The van der Waals surface area contributed by atoms with Gasteiger partial charge in [-0.15, -0.1) is 11.3 Å². The molecule has 1 fully saturated rings. The third-order valence-electron chi connectivity index (χ3n) is 2.56. The van der Waals surface area contributed by atoms with Crippen molar-refractivity contribution in [2.75, 3.05) is 0 Å². The Hall–Kier alpha value is -0.480. The molecular weight excluding hydrogens is 192 g/mol. The van der Waals surface area contributed by atoms with E-state index in [0.29, 0.717) is 4.88 Å². The number of aryl methyl sites for hydroxylation is 1. The molecule has 13 heavy (non-hydrogen) atoms. The van der Waals surface area contributed by atoms with Crippen LogP contribution in [0.15, 0.2) is 11.4 Å². The summed E-state index contributed by atoms with van der Waals surface area (Å²) in [5.74, 6) is -2.69. The van der Waals surface area contributed by atoms with Crippen LogP contribution in [0.3, 0.4) is 0 Å². The topological polar surface area (TPSA) is 26.0 Å². The molecule has 1 aliphatic rings. The Labute approximate surface area is 79.6 Å². The van der Waals surface area contributed by atoms with Gasteiger partial charge in [0, 0.05) is 11.3 Å². The third-order valence-corrected chi connectivity index (χ3v) is 3.70. The monoisotopic (exact) mass is 203 g/mol. The van der Waals surface area contributed by atoms with Gasteiger partial charge in [-0.3, -0.25) is 0 Å². The Morgan fingerprint density at radius 1 is 1.62 bits per heavy atom. The van der Waals surface area contributed by atoms with Gasteiger partial charge in [0.2, 0.25) is 0 Å². The molecule has 1 unspecified atom stereocenters. The summed E-state index contributed by atoms with van der Waals surface area (Å²) in [4.78, 5) is 0.667. The molecule has 2 N–H and O–H groups in total. The van der Waals surface area contributed by atoms with Gasteiger partial charge in [0.05, 0.1) is 0 Å². The van der Waals surface area contributed by atoms with Crippen LogP contribution in [0.5, 0.6) is 0 Å². The van der Waals surface area contributed by atoms with Gasteiger partial charge >= 0.3 is 0 Å². The fraction of sp³-hybridized carbons (Fsp3) is 0.556. The van der Waals surface area contributed by atoms with Crippen molar-refractivity contribution in [1.82, 2.24) is 0 Å². The van der Waals surface area contributed by atoms with Gasteiger partial charge in [-0.05, 0) is 23.4 Å². The summed E-state index contributed by atoms with van der Waals surface area (Å²) in [6.45, 7) is 1.95. The number of alkyl halides is 2. The largest absolute Gasteiger partial charge is 0.316 e. The second-order valence-electron chi connectivity index (χ2n) is 3.48. The highest BCUT2D eigenvalue weighted by atomic mass is 32.1. The first-order valence-electron chi connectivity index (χ1n) is 4.25. The first kappa shape index (κ1) is 9.09. The van der Waals surface area contributed by atoms with Gasteiger partial charge in [-0.2, -0.15) is 0 Å². The standard InChI is InChI=1S/C9H11F2NS/c1-2-6-3-4-13-7(6)8(12)5-9(8,10)11/h3-4H,2,5,12H2,1H3. The molecule has 2 rings (SSSR count). The minimum absolute atomic E-state index is 0.201. The Kier molecular flexibility index (Phi) is 1.76. The second kappa shape index (κ2) is 2.51. The maximum absolute atomic E-state index is 12.9. The summed E-state index contributed by atoms with van der Waals surface area (Å²) in [6.07, 6.45) is 0.571. The van der Waals surface area contributed by atoms with Crippen LogP contribution in [0.25, 0.3) is 0 Å². The Morgan fingerprint density at radius 3 is 2.69 bits per heavy atom. The molecule has 0 aromatic carbocycles. The maximum atomic E-state index is 12.9. The smallest absolute Gasteiger partial charge is 0.273 e. The van der Waals surface area contributed by atoms with Crippen LogP contribution in [0.2, 0.25) is 0 Å². The molecule has 1 aromatic rings. The molecule has 0 spiro atoms. The minimum atomic E-state index is -2.69. The van der Waals surface area contributed by atoms with E-state index in [1.165, 1.54) is 11.3 Å². The molecule has 1 aliphatic carbocycles. The molecule has 1 saturated carbocycles. The fourth-order valence-electron chi connectivity index (χ4n) is 1.56. The summed E-state index contributed by atoms with van der Waals surface area (Å²) in [7, 11) is 0. The molecule has 1 heterocycles. The van der Waals surface area contributed by atoms with Crippen LogP contribution in [0.1, 0.15) is 23.8 Å². The predicted octanol–water partition coefficient (Wildman–Crippen LogP) is 2.50. The van der Waals surface area contributed by atoms with Gasteiger partial charge in [0.25, 0.3) is 5.92 Å². The van der Waals surface area contributed by atoms with Crippen molar-refractivity contribution in [2.45, 2.75) is 31.2 Å². The molecule has 0 radical (unpaired) electrons. The molecular formula is C9H11F2NS. The van der Waals surface area contributed by atoms with Gasteiger partial charge in [0.1, 0.15) is 5.54 Å². The molecule has 1 aromatic heterocycles. The highest BCUT2D eigenvalue weighted by Gasteiger charge is 2.71. The van der Waals surface area contributed by atoms with Crippen molar-refractivity contribution >= 4 is 11.3 Å². The molecule has 0 bridgehead atoms. The van der Waals surface area contributed by atoms with E-state index < -0.39 is 11.5 Å². The van der Waals surface area contributed by atoms with E-state index in [-0.39, 0.29) is 6.42 Å². The van der Waals surface area contributed by atoms with Gasteiger partial charge < -0.3 is 5.73 Å². The van der Waals surface area contributed by atoms with Crippen molar-refractivity contribution < 1.29 is 8.78 Å². The van der Waals surface area contributed by atoms with Crippen LogP contribution < -0.4 is 5.73 Å². The van der Waals surface area contributed by atoms with E-state index in [2.05, 4.69) is 0 Å². The van der Waals surface area contributed by atoms with Crippen molar-refractivity contribution in [2.24, 2.45) is 5.73 Å². The van der Waals surface area contributed by atoms with Crippen LogP contribution in [0, 0.1) is 0 Å². The highest BCUT2D eigenvalue weighted by Crippen LogP contribution is 2.59. The van der Waals surface area contributed by atoms with Crippen molar-refractivity contribution in [3.8, 4) is 0 Å². The van der Waals surface area contributed by atoms with Crippen molar-refractivity contribution in [3.63, 3.8) is 0 Å². The van der Waals surface area contributed by atoms with Crippen LogP contribution in [-0.2, 0) is 12.0 Å². The quantitative estimate of drug-likeness (QED) is 0.785. The number of hydrogen-bond acceptors (Lipinski definition) is 2. The summed E-state index contributed by atoms with van der Waals surface area (Å²) in [5, 5.41) is 1.83. The second-order valence-corrected chi connectivity index (χ2v) is 4.40. The number of halogens is 2. The maximum Gasteiger partial charge on any atom is 0.273 e. The molecule has 0 aliphatic heterocycles. The molecule has 72 valence electrons. The average Bonchev–Trinajstić information content (AvgIpc) is 2.53. The van der Waals surface area contributed by atoms with Gasteiger partial charge in [-0.1, -0.05) is 6.92 Å². The number of hydrogen-bond donors (Lipinski definition) is 1. The first-order valence-corrected chi connectivity index (χ1v) is 5.13. The first-order chi connectivity index (χ1) is 6.01. The zero-order valence-electron chi connectivity index (χ0n) is 7.31. The molecule has 0 amide bonds. The Balaban J connectivity index is 2.37. The van der Waals surface area contributed by atoms with Gasteiger partial charge in [-0.25, -0.2) is 8.78 Å². The molecule has 0 saturated heterocycles. The van der Waals surface area contributed by atoms with Gasteiger partial charge in [0.15, 0.2) is 0 Å². The molecule has 4 heteroatoms. The Morgan fingerprint density at radius 2 is 2.23 bits per heavy atom. The number of nitrogens with two attached hydrogens (primary N) is 1. The fourth-order valence-corrected chi connectivity index (χ4v) is 2.72. The summed E-state index contributed by atoms with van der Waals surface area (Å²) < 4.78 is 25.9. The number of thiophene rings is 1. The lowest BCUT2D eigenvalue weighted by Gasteiger charge is -2.09. The van der Waals surface area contributed by atoms with E-state index in [1.54, 1.807) is 0 Å². The van der Waals surface area contributed by atoms with Crippen LogP contribution >= 0.6 is 11.3 Å². The summed E-state index contributed by atoms with van der Waals surface area (Å²) >= 11 is 1.34. The number of rotatable bonds is 2. The van der Waals surface area contributed by atoms with E-state index in [4.69, 9.17) is 5.73 Å².